The molecular formula is C20H20F2N4O. The zero-order valence-electron chi connectivity index (χ0n) is 15.2. The first-order chi connectivity index (χ1) is 12.9. The Bertz CT molecular complexity index is 1010. The number of rotatable bonds is 3. The number of benzene rings is 1. The van der Waals surface area contributed by atoms with E-state index in [2.05, 4.69) is 9.97 Å². The lowest BCUT2D eigenvalue weighted by Gasteiger charge is -2.27. The minimum absolute atomic E-state index is 0.0385. The Morgan fingerprint density at radius 1 is 1.26 bits per heavy atom. The van der Waals surface area contributed by atoms with Gasteiger partial charge in [0.05, 0.1) is 23.5 Å². The van der Waals surface area contributed by atoms with Crippen LogP contribution in [0.1, 0.15) is 41.8 Å². The molecule has 0 spiro atoms. The summed E-state index contributed by atoms with van der Waals surface area (Å²) in [6, 6.07) is 7.30. The number of hydrogen-bond donors (Lipinski definition) is 1. The van der Waals surface area contributed by atoms with Crippen LogP contribution in [-0.4, -0.2) is 31.9 Å². The molecule has 0 saturated heterocycles. The number of halogens is 2. The molecule has 1 aliphatic heterocycles. The fourth-order valence-corrected chi connectivity index (χ4v) is 3.46. The number of aromatic amines is 1. The summed E-state index contributed by atoms with van der Waals surface area (Å²) in [4.78, 5) is 22.3. The molecule has 1 N–H and O–H groups in total. The van der Waals surface area contributed by atoms with Gasteiger partial charge in [0.15, 0.2) is 0 Å². The summed E-state index contributed by atoms with van der Waals surface area (Å²) in [7, 11) is 0. The first-order valence-electron chi connectivity index (χ1n) is 8.93. The fraction of sp³-hybridized carbons (Fsp3) is 0.300. The summed E-state index contributed by atoms with van der Waals surface area (Å²) in [6.07, 6.45) is 2.49. The third-order valence-electron chi connectivity index (χ3n) is 4.86. The van der Waals surface area contributed by atoms with E-state index in [4.69, 9.17) is 0 Å². The molecule has 0 atom stereocenters. The number of imidazole rings is 1. The van der Waals surface area contributed by atoms with E-state index >= 15 is 0 Å². The Hall–Kier alpha value is -2.96. The summed E-state index contributed by atoms with van der Waals surface area (Å²) in [6.45, 7) is 4.99. The van der Waals surface area contributed by atoms with Crippen LogP contribution in [0.15, 0.2) is 36.5 Å². The van der Waals surface area contributed by atoms with E-state index in [0.717, 1.165) is 17.5 Å². The molecule has 0 radical (unpaired) electrons. The van der Waals surface area contributed by atoms with Crippen LogP contribution >= 0.6 is 0 Å². The number of nitrogens with one attached hydrogen (secondary N) is 1. The predicted molar refractivity (Wildman–Crippen MR) is 97.2 cm³/mol. The molecular weight excluding hydrogens is 350 g/mol. The average Bonchev–Trinajstić information content (AvgIpc) is 3.27. The molecule has 7 heteroatoms. The van der Waals surface area contributed by atoms with Gasteiger partial charge in [0.1, 0.15) is 23.2 Å². The molecule has 4 rings (SSSR count). The van der Waals surface area contributed by atoms with E-state index < -0.39 is 11.6 Å². The van der Waals surface area contributed by atoms with Crippen LogP contribution in [-0.2, 0) is 13.0 Å². The molecule has 0 bridgehead atoms. The maximum Gasteiger partial charge on any atom is 0.270 e. The highest BCUT2D eigenvalue weighted by atomic mass is 19.1. The van der Waals surface area contributed by atoms with Crippen molar-refractivity contribution in [3.05, 3.63) is 65.2 Å². The Kier molecular flexibility index (Phi) is 4.30. The van der Waals surface area contributed by atoms with E-state index in [1.54, 1.807) is 4.90 Å². The van der Waals surface area contributed by atoms with Crippen molar-refractivity contribution in [2.24, 2.45) is 0 Å². The Balaban J connectivity index is 1.59. The molecule has 5 nitrogen and oxygen atoms in total. The number of H-pyrrole nitrogens is 1. The number of aromatic nitrogens is 3. The van der Waals surface area contributed by atoms with E-state index in [0.29, 0.717) is 31.0 Å². The lowest BCUT2D eigenvalue weighted by molar-refractivity contribution is 0.0719. The van der Waals surface area contributed by atoms with Gasteiger partial charge in [-0.15, -0.1) is 0 Å². The van der Waals surface area contributed by atoms with Crippen LogP contribution in [0.3, 0.4) is 0 Å². The number of amides is 1. The van der Waals surface area contributed by atoms with Gasteiger partial charge in [0.25, 0.3) is 5.91 Å². The van der Waals surface area contributed by atoms with E-state index in [1.807, 2.05) is 36.7 Å². The molecule has 3 heterocycles. The maximum atomic E-state index is 14.0. The number of nitrogens with zero attached hydrogens (tertiary/aromatic N) is 3. The summed E-state index contributed by atoms with van der Waals surface area (Å²) in [5.74, 6) is -0.970. The van der Waals surface area contributed by atoms with Crippen molar-refractivity contribution in [2.45, 2.75) is 32.9 Å². The number of fused-ring (bicyclic) bond motifs is 1. The summed E-state index contributed by atoms with van der Waals surface area (Å²) in [5, 5.41) is 0. The van der Waals surface area contributed by atoms with Gasteiger partial charge in [-0.1, -0.05) is 0 Å². The summed E-state index contributed by atoms with van der Waals surface area (Å²) in [5.41, 5.74) is 2.48. The molecule has 0 saturated carbocycles. The van der Waals surface area contributed by atoms with Gasteiger partial charge in [-0.05, 0) is 38.1 Å². The smallest absolute Gasteiger partial charge is 0.270 e. The standard InChI is InChI=1S/C20H20F2N4O/c1-12(2)26-8-3-4-18(26)20(27)25-9-7-16-17(11-25)24-19(23-16)14-6-5-13(21)10-15(14)22/h3-6,8,10,12H,7,9,11H2,1-2H3,(H,23,24). The second kappa shape index (κ2) is 6.64. The molecule has 1 aliphatic rings. The van der Waals surface area contributed by atoms with Gasteiger partial charge >= 0.3 is 0 Å². The molecule has 2 aromatic heterocycles. The van der Waals surface area contributed by atoms with E-state index in [9.17, 15) is 13.6 Å². The van der Waals surface area contributed by atoms with E-state index in [1.165, 1.54) is 12.1 Å². The minimum Gasteiger partial charge on any atom is -0.341 e. The quantitative estimate of drug-likeness (QED) is 0.759. The van der Waals surface area contributed by atoms with Crippen LogP contribution in [0.2, 0.25) is 0 Å². The highest BCUT2D eigenvalue weighted by Crippen LogP contribution is 2.26. The molecule has 27 heavy (non-hydrogen) atoms. The molecule has 1 aromatic carbocycles. The highest BCUT2D eigenvalue weighted by molar-refractivity contribution is 5.93. The highest BCUT2D eigenvalue weighted by Gasteiger charge is 2.27. The largest absolute Gasteiger partial charge is 0.341 e. The van der Waals surface area contributed by atoms with Crippen molar-refractivity contribution >= 4 is 5.91 Å². The van der Waals surface area contributed by atoms with Gasteiger partial charge in [0, 0.05) is 31.3 Å². The van der Waals surface area contributed by atoms with Crippen molar-refractivity contribution in [2.75, 3.05) is 6.54 Å². The zero-order valence-corrected chi connectivity index (χ0v) is 15.2. The molecule has 0 aliphatic carbocycles. The van der Waals surface area contributed by atoms with Gasteiger partial charge in [-0.3, -0.25) is 4.79 Å². The molecule has 0 unspecified atom stereocenters. The normalized spacial score (nSPS) is 13.9. The number of hydrogen-bond acceptors (Lipinski definition) is 2. The number of carbonyl (C=O) groups is 1. The van der Waals surface area contributed by atoms with Gasteiger partial charge in [0.2, 0.25) is 0 Å². The second-order valence-corrected chi connectivity index (χ2v) is 7.01. The Morgan fingerprint density at radius 2 is 2.07 bits per heavy atom. The van der Waals surface area contributed by atoms with Crippen LogP contribution in [0, 0.1) is 11.6 Å². The van der Waals surface area contributed by atoms with E-state index in [-0.39, 0.29) is 17.5 Å². The van der Waals surface area contributed by atoms with Crippen LogP contribution in [0.4, 0.5) is 8.78 Å². The van der Waals surface area contributed by atoms with Gasteiger partial charge in [-0.25, -0.2) is 13.8 Å². The van der Waals surface area contributed by atoms with Gasteiger partial charge < -0.3 is 14.5 Å². The molecule has 1 amide bonds. The van der Waals surface area contributed by atoms with Crippen molar-refractivity contribution in [1.82, 2.24) is 19.4 Å². The topological polar surface area (TPSA) is 53.9 Å². The van der Waals surface area contributed by atoms with Crippen LogP contribution in [0.5, 0.6) is 0 Å². The first kappa shape index (κ1) is 17.5. The summed E-state index contributed by atoms with van der Waals surface area (Å²) < 4.78 is 29.1. The van der Waals surface area contributed by atoms with Crippen LogP contribution < -0.4 is 0 Å². The molecule has 3 aromatic rings. The first-order valence-corrected chi connectivity index (χ1v) is 8.93. The van der Waals surface area contributed by atoms with Gasteiger partial charge in [-0.2, -0.15) is 0 Å². The van der Waals surface area contributed by atoms with Crippen molar-refractivity contribution in [3.8, 4) is 11.4 Å². The third kappa shape index (κ3) is 3.13. The predicted octanol–water partition coefficient (Wildman–Crippen LogP) is 3.94. The Morgan fingerprint density at radius 3 is 2.81 bits per heavy atom. The third-order valence-corrected chi connectivity index (χ3v) is 4.86. The van der Waals surface area contributed by atoms with Crippen molar-refractivity contribution in [1.29, 1.82) is 0 Å². The Labute approximate surface area is 155 Å². The maximum absolute atomic E-state index is 14.0. The number of carbonyl (C=O) groups excluding carboxylic acids is 1. The second-order valence-electron chi connectivity index (χ2n) is 7.01. The zero-order chi connectivity index (χ0) is 19.1. The monoisotopic (exact) mass is 370 g/mol. The van der Waals surface area contributed by atoms with Crippen molar-refractivity contribution in [3.63, 3.8) is 0 Å². The lowest BCUT2D eigenvalue weighted by atomic mass is 10.1. The molecule has 0 fully saturated rings. The summed E-state index contributed by atoms with van der Waals surface area (Å²) >= 11 is 0. The fourth-order valence-electron chi connectivity index (χ4n) is 3.46. The molecule has 140 valence electrons. The van der Waals surface area contributed by atoms with Crippen molar-refractivity contribution < 1.29 is 13.6 Å². The minimum atomic E-state index is -0.663. The lowest BCUT2D eigenvalue weighted by Crippen LogP contribution is -2.37. The average molecular weight is 370 g/mol. The van der Waals surface area contributed by atoms with Crippen LogP contribution in [0.25, 0.3) is 11.4 Å². The SMILES string of the molecule is CC(C)n1cccc1C(=O)N1CCc2nc(-c3ccc(F)cc3F)[nH]c2C1.